The summed E-state index contributed by atoms with van der Waals surface area (Å²) in [5, 5.41) is 8.77. The Morgan fingerprint density at radius 2 is 2.17 bits per heavy atom. The number of nitrogens with one attached hydrogen (secondary N) is 1. The lowest BCUT2D eigenvalue weighted by Crippen LogP contribution is -2.40. The topological polar surface area (TPSA) is 81.8 Å². The van der Waals surface area contributed by atoms with E-state index in [1.54, 1.807) is 5.51 Å². The Hall–Kier alpha value is -1.96. The third-order valence-electron chi connectivity index (χ3n) is 2.48. The van der Waals surface area contributed by atoms with E-state index in [1.165, 1.54) is 25.4 Å². The smallest absolute Gasteiger partial charge is 0.346 e. The Morgan fingerprint density at radius 1 is 1.39 bits per heavy atom. The lowest BCUT2D eigenvalue weighted by molar-refractivity contribution is 0.604. The predicted molar refractivity (Wildman–Crippen MR) is 69.0 cm³/mol. The molecule has 0 saturated carbocycles. The standard InChI is InChI=1S/C10H13N5O2S/c1-14-9(16)8(13-15(2)10(14)17)11-4-3-7-5-18-6-12-7/h5-6H,3-4H2,1-2H3,(H,11,13). The molecule has 0 unspecified atom stereocenters. The van der Waals surface area contributed by atoms with E-state index in [1.807, 2.05) is 5.38 Å². The third-order valence-corrected chi connectivity index (χ3v) is 3.11. The number of aryl methyl sites for hydroxylation is 1. The minimum absolute atomic E-state index is 0.176. The number of anilines is 1. The van der Waals surface area contributed by atoms with Crippen LogP contribution in [0, 0.1) is 0 Å². The number of nitrogens with zero attached hydrogens (tertiary/aromatic N) is 4. The Bertz CT molecular complexity index is 643. The van der Waals surface area contributed by atoms with Crippen molar-refractivity contribution in [2.24, 2.45) is 14.1 Å². The predicted octanol–water partition coefficient (Wildman–Crippen LogP) is -0.410. The van der Waals surface area contributed by atoms with Gasteiger partial charge in [0, 0.05) is 32.4 Å². The summed E-state index contributed by atoms with van der Waals surface area (Å²) in [6.45, 7) is 0.546. The van der Waals surface area contributed by atoms with Crippen molar-refractivity contribution in [3.05, 3.63) is 37.4 Å². The molecule has 0 amide bonds. The highest BCUT2D eigenvalue weighted by atomic mass is 32.1. The van der Waals surface area contributed by atoms with Crippen molar-refractivity contribution in [1.29, 1.82) is 0 Å². The van der Waals surface area contributed by atoms with E-state index < -0.39 is 11.2 Å². The lowest BCUT2D eigenvalue weighted by atomic mass is 10.3. The molecule has 2 rings (SSSR count). The van der Waals surface area contributed by atoms with Gasteiger partial charge < -0.3 is 5.32 Å². The molecule has 7 nitrogen and oxygen atoms in total. The van der Waals surface area contributed by atoms with E-state index in [2.05, 4.69) is 15.4 Å². The first kappa shape index (κ1) is 12.5. The molecule has 0 aliphatic heterocycles. The molecule has 2 heterocycles. The molecule has 2 aromatic rings. The van der Waals surface area contributed by atoms with Crippen LogP contribution in [0.3, 0.4) is 0 Å². The maximum Gasteiger partial charge on any atom is 0.346 e. The summed E-state index contributed by atoms with van der Waals surface area (Å²) in [6, 6.07) is 0. The van der Waals surface area contributed by atoms with Crippen molar-refractivity contribution in [3.63, 3.8) is 0 Å². The molecule has 0 saturated heterocycles. The van der Waals surface area contributed by atoms with Crippen LogP contribution in [0.1, 0.15) is 5.69 Å². The molecule has 18 heavy (non-hydrogen) atoms. The number of hydrogen-bond acceptors (Lipinski definition) is 6. The SMILES string of the molecule is Cn1nc(NCCc2cscn2)c(=O)n(C)c1=O. The molecule has 0 fully saturated rings. The van der Waals surface area contributed by atoms with Crippen LogP contribution in [-0.2, 0) is 20.5 Å². The first-order chi connectivity index (χ1) is 8.59. The van der Waals surface area contributed by atoms with Gasteiger partial charge in [0.2, 0.25) is 5.82 Å². The fourth-order valence-electron chi connectivity index (χ4n) is 1.48. The highest BCUT2D eigenvalue weighted by Crippen LogP contribution is 2.01. The van der Waals surface area contributed by atoms with Crippen LogP contribution in [0.15, 0.2) is 20.5 Å². The van der Waals surface area contributed by atoms with Gasteiger partial charge in [0.15, 0.2) is 0 Å². The summed E-state index contributed by atoms with van der Waals surface area (Å²) in [5.41, 5.74) is 1.87. The van der Waals surface area contributed by atoms with Crippen LogP contribution in [0.4, 0.5) is 5.82 Å². The second-order valence-corrected chi connectivity index (χ2v) is 4.49. The second kappa shape index (κ2) is 5.13. The van der Waals surface area contributed by atoms with Crippen LogP contribution in [0.25, 0.3) is 0 Å². The summed E-state index contributed by atoms with van der Waals surface area (Å²) in [4.78, 5) is 27.3. The molecule has 8 heteroatoms. The quantitative estimate of drug-likeness (QED) is 0.814. The zero-order chi connectivity index (χ0) is 13.1. The molecule has 0 bridgehead atoms. The first-order valence-electron chi connectivity index (χ1n) is 5.35. The summed E-state index contributed by atoms with van der Waals surface area (Å²) >= 11 is 1.53. The molecule has 1 N–H and O–H groups in total. The van der Waals surface area contributed by atoms with E-state index in [0.717, 1.165) is 14.9 Å². The van der Waals surface area contributed by atoms with Crippen molar-refractivity contribution in [2.45, 2.75) is 6.42 Å². The van der Waals surface area contributed by atoms with E-state index in [0.29, 0.717) is 13.0 Å². The zero-order valence-corrected chi connectivity index (χ0v) is 10.9. The van der Waals surface area contributed by atoms with Gasteiger partial charge in [-0.2, -0.15) is 0 Å². The Morgan fingerprint density at radius 3 is 2.83 bits per heavy atom. The van der Waals surface area contributed by atoms with Crippen molar-refractivity contribution in [1.82, 2.24) is 19.3 Å². The van der Waals surface area contributed by atoms with Gasteiger partial charge in [0.25, 0.3) is 5.56 Å². The second-order valence-electron chi connectivity index (χ2n) is 3.78. The molecule has 2 aromatic heterocycles. The zero-order valence-electron chi connectivity index (χ0n) is 10.1. The molecule has 0 radical (unpaired) electrons. The molecule has 0 atom stereocenters. The Labute approximate surface area is 107 Å². The fourth-order valence-corrected chi connectivity index (χ4v) is 2.07. The number of hydrogen-bond donors (Lipinski definition) is 1. The maximum atomic E-state index is 11.7. The van der Waals surface area contributed by atoms with Crippen LogP contribution in [0.5, 0.6) is 0 Å². The molecule has 0 spiro atoms. The third kappa shape index (κ3) is 2.48. The normalized spacial score (nSPS) is 10.6. The molecule has 0 aliphatic rings. The van der Waals surface area contributed by atoms with Gasteiger partial charge in [-0.3, -0.25) is 9.36 Å². The van der Waals surface area contributed by atoms with Crippen LogP contribution in [0.2, 0.25) is 0 Å². The summed E-state index contributed by atoms with van der Waals surface area (Å²) in [6.07, 6.45) is 0.706. The van der Waals surface area contributed by atoms with Gasteiger partial charge in [-0.25, -0.2) is 14.5 Å². The molecular formula is C10H13N5O2S. The van der Waals surface area contributed by atoms with Crippen LogP contribution < -0.4 is 16.6 Å². The molecule has 0 aliphatic carbocycles. The Kier molecular flexibility index (Phi) is 3.56. The summed E-state index contributed by atoms with van der Waals surface area (Å²) in [7, 11) is 2.94. The van der Waals surface area contributed by atoms with E-state index in [9.17, 15) is 9.59 Å². The average Bonchev–Trinajstić information content (AvgIpc) is 2.86. The van der Waals surface area contributed by atoms with Crippen molar-refractivity contribution in [2.75, 3.05) is 11.9 Å². The Balaban J connectivity index is 2.10. The summed E-state index contributed by atoms with van der Waals surface area (Å²) in [5.74, 6) is 0.176. The monoisotopic (exact) mass is 267 g/mol. The minimum Gasteiger partial charge on any atom is -0.364 e. The first-order valence-corrected chi connectivity index (χ1v) is 6.29. The van der Waals surface area contributed by atoms with E-state index >= 15 is 0 Å². The molecule has 0 aromatic carbocycles. The largest absolute Gasteiger partial charge is 0.364 e. The van der Waals surface area contributed by atoms with E-state index in [4.69, 9.17) is 0 Å². The number of rotatable bonds is 4. The maximum absolute atomic E-state index is 11.7. The van der Waals surface area contributed by atoms with Crippen LogP contribution >= 0.6 is 11.3 Å². The molecular weight excluding hydrogens is 254 g/mol. The van der Waals surface area contributed by atoms with Gasteiger partial charge in [-0.1, -0.05) is 0 Å². The van der Waals surface area contributed by atoms with Gasteiger partial charge in [0.05, 0.1) is 11.2 Å². The van der Waals surface area contributed by atoms with E-state index in [-0.39, 0.29) is 5.82 Å². The highest BCUT2D eigenvalue weighted by Gasteiger charge is 2.07. The van der Waals surface area contributed by atoms with Gasteiger partial charge in [-0.05, 0) is 0 Å². The van der Waals surface area contributed by atoms with Crippen molar-refractivity contribution in [3.8, 4) is 0 Å². The van der Waals surface area contributed by atoms with Gasteiger partial charge >= 0.3 is 5.69 Å². The lowest BCUT2D eigenvalue weighted by Gasteiger charge is -2.06. The number of aromatic nitrogens is 4. The minimum atomic E-state index is -0.440. The van der Waals surface area contributed by atoms with Gasteiger partial charge in [-0.15, -0.1) is 16.4 Å². The number of thiazole rings is 1. The van der Waals surface area contributed by atoms with Crippen molar-refractivity contribution < 1.29 is 0 Å². The fraction of sp³-hybridized carbons (Fsp3) is 0.400. The highest BCUT2D eigenvalue weighted by molar-refractivity contribution is 7.07. The van der Waals surface area contributed by atoms with Crippen molar-refractivity contribution >= 4 is 17.2 Å². The molecule has 96 valence electrons. The van der Waals surface area contributed by atoms with Gasteiger partial charge in [0.1, 0.15) is 0 Å². The van der Waals surface area contributed by atoms with Crippen LogP contribution in [-0.4, -0.2) is 25.9 Å². The summed E-state index contributed by atoms with van der Waals surface area (Å²) < 4.78 is 2.16. The average molecular weight is 267 g/mol.